The molecular weight excluding hydrogens is 260 g/mol. The van der Waals surface area contributed by atoms with Gasteiger partial charge in [-0.1, -0.05) is 30.3 Å². The second-order valence-corrected chi connectivity index (χ2v) is 4.71. The molecule has 98 valence electrons. The molecule has 0 N–H and O–H groups in total. The Balaban J connectivity index is 2.29. The molecule has 2 aromatic heterocycles. The van der Waals surface area contributed by atoms with E-state index in [9.17, 15) is 5.26 Å². The maximum absolute atomic E-state index is 9.43. The van der Waals surface area contributed by atoms with Crippen LogP contribution in [0.2, 0.25) is 0 Å². The summed E-state index contributed by atoms with van der Waals surface area (Å²) in [6, 6.07) is 17.8. The van der Waals surface area contributed by atoms with E-state index in [0.717, 1.165) is 21.8 Å². The van der Waals surface area contributed by atoms with Crippen LogP contribution in [0.3, 0.4) is 0 Å². The van der Waals surface area contributed by atoms with Gasteiger partial charge >= 0.3 is 0 Å². The topological polar surface area (TPSA) is 54.5 Å². The lowest BCUT2D eigenvalue weighted by Crippen LogP contribution is -2.00. The minimum absolute atomic E-state index is 0.575. The van der Waals surface area contributed by atoms with Gasteiger partial charge in [-0.25, -0.2) is 9.97 Å². The fourth-order valence-electron chi connectivity index (χ4n) is 2.72. The third-order valence-electron chi connectivity index (χ3n) is 3.57. The minimum Gasteiger partial charge on any atom is -0.277 e. The summed E-state index contributed by atoms with van der Waals surface area (Å²) in [5, 5.41) is 11.6. The van der Waals surface area contributed by atoms with Crippen LogP contribution in [0.25, 0.3) is 27.8 Å². The minimum atomic E-state index is 0.575. The molecule has 0 unspecified atom stereocenters. The molecule has 2 aromatic carbocycles. The molecule has 0 bridgehead atoms. The summed E-state index contributed by atoms with van der Waals surface area (Å²) in [5.41, 5.74) is 2.48. The molecule has 0 fully saturated rings. The summed E-state index contributed by atoms with van der Waals surface area (Å²) in [6.07, 6.45) is 3.41. The Morgan fingerprint density at radius 3 is 2.43 bits per heavy atom. The van der Waals surface area contributed by atoms with Crippen molar-refractivity contribution in [2.24, 2.45) is 0 Å². The summed E-state index contributed by atoms with van der Waals surface area (Å²) in [6.45, 7) is 0. The van der Waals surface area contributed by atoms with E-state index >= 15 is 0 Å². The third-order valence-corrected chi connectivity index (χ3v) is 3.57. The first-order valence-electron chi connectivity index (χ1n) is 6.60. The zero-order chi connectivity index (χ0) is 14.2. The maximum Gasteiger partial charge on any atom is 0.234 e. The number of hydrogen-bond donors (Lipinski definition) is 0. The molecule has 4 aromatic rings. The Hall–Kier alpha value is -3.19. The molecule has 0 radical (unpaired) electrons. The summed E-state index contributed by atoms with van der Waals surface area (Å²) < 4.78 is 1.95. The molecule has 4 nitrogen and oxygen atoms in total. The molecule has 0 saturated carbocycles. The average Bonchev–Trinajstić information content (AvgIpc) is 2.90. The number of para-hydroxylation sites is 2. The van der Waals surface area contributed by atoms with E-state index < -0.39 is 0 Å². The number of nitrogens with zero attached hydrogens (tertiary/aromatic N) is 4. The van der Waals surface area contributed by atoms with Gasteiger partial charge in [0.25, 0.3) is 0 Å². The van der Waals surface area contributed by atoms with E-state index in [4.69, 9.17) is 0 Å². The molecule has 0 saturated heterocycles. The van der Waals surface area contributed by atoms with Crippen molar-refractivity contribution in [1.82, 2.24) is 14.5 Å². The van der Waals surface area contributed by atoms with Crippen LogP contribution in [0.4, 0.5) is 0 Å². The number of aromatic nitrogens is 3. The van der Waals surface area contributed by atoms with Crippen LogP contribution >= 0.6 is 0 Å². The number of fused-ring (bicyclic) bond motifs is 3. The molecule has 4 rings (SSSR count). The lowest BCUT2D eigenvalue weighted by atomic mass is 10.1. The number of hydrogen-bond acceptors (Lipinski definition) is 3. The van der Waals surface area contributed by atoms with Crippen molar-refractivity contribution in [3.05, 3.63) is 66.5 Å². The molecule has 21 heavy (non-hydrogen) atoms. The molecule has 0 amide bonds. The van der Waals surface area contributed by atoms with Gasteiger partial charge < -0.3 is 0 Å². The molecular formula is C17H10N4. The molecule has 0 atom stereocenters. The van der Waals surface area contributed by atoms with Crippen molar-refractivity contribution in [3.63, 3.8) is 0 Å². The molecule has 0 aliphatic rings. The van der Waals surface area contributed by atoms with E-state index in [0.29, 0.717) is 11.5 Å². The van der Waals surface area contributed by atoms with Crippen LogP contribution in [0, 0.1) is 11.3 Å². The van der Waals surface area contributed by atoms with Crippen molar-refractivity contribution in [1.29, 1.82) is 5.26 Å². The predicted molar refractivity (Wildman–Crippen MR) is 81.1 cm³/mol. The largest absolute Gasteiger partial charge is 0.277 e. The Labute approximate surface area is 120 Å². The molecule has 0 aliphatic heterocycles. The highest BCUT2D eigenvalue weighted by Gasteiger charge is 2.15. The first kappa shape index (κ1) is 11.6. The summed E-state index contributed by atoms with van der Waals surface area (Å²) >= 11 is 0. The highest BCUT2D eigenvalue weighted by molar-refractivity contribution is 6.10. The Morgan fingerprint density at radius 1 is 0.857 bits per heavy atom. The highest BCUT2D eigenvalue weighted by Crippen LogP contribution is 2.32. The van der Waals surface area contributed by atoms with Gasteiger partial charge in [0, 0.05) is 23.2 Å². The fraction of sp³-hybridized carbons (Fsp3) is 0. The first-order valence-corrected chi connectivity index (χ1v) is 6.60. The molecule has 0 spiro atoms. The van der Waals surface area contributed by atoms with Gasteiger partial charge in [-0.05, 0) is 18.2 Å². The quantitative estimate of drug-likeness (QED) is 0.532. The van der Waals surface area contributed by atoms with Crippen LogP contribution in [0.1, 0.15) is 5.56 Å². The zero-order valence-corrected chi connectivity index (χ0v) is 11.1. The van der Waals surface area contributed by atoms with Gasteiger partial charge in [0.2, 0.25) is 5.95 Å². The van der Waals surface area contributed by atoms with Crippen molar-refractivity contribution in [3.8, 4) is 12.0 Å². The second-order valence-electron chi connectivity index (χ2n) is 4.71. The van der Waals surface area contributed by atoms with Crippen molar-refractivity contribution < 1.29 is 0 Å². The van der Waals surface area contributed by atoms with Crippen LogP contribution in [0.5, 0.6) is 0 Å². The third kappa shape index (κ3) is 1.61. The number of benzene rings is 2. The van der Waals surface area contributed by atoms with Crippen molar-refractivity contribution in [2.45, 2.75) is 0 Å². The first-order chi connectivity index (χ1) is 10.4. The van der Waals surface area contributed by atoms with Gasteiger partial charge in [0.15, 0.2) is 0 Å². The second kappa shape index (κ2) is 4.43. The van der Waals surface area contributed by atoms with Gasteiger partial charge in [0.05, 0.1) is 16.6 Å². The van der Waals surface area contributed by atoms with Crippen LogP contribution < -0.4 is 0 Å². The standard InChI is InChI=1S/C17H10N4/c18-11-12-5-3-7-14-13-6-1-2-8-15(13)21(16(12)14)17-19-9-4-10-20-17/h1-10H. The lowest BCUT2D eigenvalue weighted by molar-refractivity contribution is 0.987. The van der Waals surface area contributed by atoms with Gasteiger partial charge in [0.1, 0.15) is 6.07 Å². The van der Waals surface area contributed by atoms with Crippen molar-refractivity contribution >= 4 is 21.8 Å². The smallest absolute Gasteiger partial charge is 0.234 e. The number of rotatable bonds is 1. The fourth-order valence-corrected chi connectivity index (χ4v) is 2.72. The monoisotopic (exact) mass is 270 g/mol. The summed E-state index contributed by atoms with van der Waals surface area (Å²) in [5.74, 6) is 0.575. The van der Waals surface area contributed by atoms with E-state index in [1.807, 2.05) is 41.0 Å². The molecule has 2 heterocycles. The van der Waals surface area contributed by atoms with E-state index in [2.05, 4.69) is 22.1 Å². The van der Waals surface area contributed by atoms with E-state index in [-0.39, 0.29) is 0 Å². The highest BCUT2D eigenvalue weighted by atomic mass is 15.1. The molecule has 0 aliphatic carbocycles. The summed E-state index contributed by atoms with van der Waals surface area (Å²) in [4.78, 5) is 8.68. The molecule has 4 heteroatoms. The SMILES string of the molecule is N#Cc1cccc2c3ccccc3n(-c3ncccn3)c12. The maximum atomic E-state index is 9.43. The predicted octanol–water partition coefficient (Wildman–Crippen LogP) is 3.45. The van der Waals surface area contributed by atoms with Gasteiger partial charge in [-0.3, -0.25) is 4.57 Å². The van der Waals surface area contributed by atoms with E-state index in [1.54, 1.807) is 18.5 Å². The Morgan fingerprint density at radius 2 is 1.62 bits per heavy atom. The Kier molecular flexibility index (Phi) is 2.45. The Bertz CT molecular complexity index is 994. The van der Waals surface area contributed by atoms with E-state index in [1.165, 1.54) is 0 Å². The average molecular weight is 270 g/mol. The van der Waals surface area contributed by atoms with Crippen LogP contribution in [0.15, 0.2) is 60.9 Å². The van der Waals surface area contributed by atoms with Crippen LogP contribution in [-0.4, -0.2) is 14.5 Å². The van der Waals surface area contributed by atoms with Crippen molar-refractivity contribution in [2.75, 3.05) is 0 Å². The lowest BCUT2D eigenvalue weighted by Gasteiger charge is -2.05. The van der Waals surface area contributed by atoms with Crippen LogP contribution in [-0.2, 0) is 0 Å². The normalized spacial score (nSPS) is 10.8. The summed E-state index contributed by atoms with van der Waals surface area (Å²) in [7, 11) is 0. The van der Waals surface area contributed by atoms with Gasteiger partial charge in [-0.15, -0.1) is 0 Å². The van der Waals surface area contributed by atoms with Gasteiger partial charge in [-0.2, -0.15) is 5.26 Å². The number of nitriles is 1. The zero-order valence-electron chi connectivity index (χ0n) is 11.1.